The van der Waals surface area contributed by atoms with Gasteiger partial charge in [0.05, 0.1) is 23.9 Å². The van der Waals surface area contributed by atoms with Gasteiger partial charge < -0.3 is 9.15 Å². The molecule has 0 spiro atoms. The van der Waals surface area contributed by atoms with Crippen molar-refractivity contribution in [2.75, 3.05) is 12.4 Å². The third-order valence-electron chi connectivity index (χ3n) is 3.00. The maximum atomic E-state index is 10.7. The number of thioether (sulfide) groups is 1. The van der Waals surface area contributed by atoms with Crippen molar-refractivity contribution in [1.29, 1.82) is 0 Å². The van der Waals surface area contributed by atoms with Gasteiger partial charge in [0.15, 0.2) is 0 Å². The number of ether oxygens (including phenoxy) is 1. The number of nitrogens with zero attached hydrogens (tertiary/aromatic N) is 5. The van der Waals surface area contributed by atoms with Crippen molar-refractivity contribution in [3.8, 4) is 5.75 Å². The van der Waals surface area contributed by atoms with Crippen LogP contribution in [0.1, 0.15) is 5.76 Å². The fourth-order valence-corrected chi connectivity index (χ4v) is 2.62. The summed E-state index contributed by atoms with van der Waals surface area (Å²) in [6, 6.07) is 9.74. The van der Waals surface area contributed by atoms with E-state index < -0.39 is 4.92 Å². The lowest BCUT2D eigenvalue weighted by Crippen LogP contribution is -2.05. The van der Waals surface area contributed by atoms with Gasteiger partial charge in [-0.1, -0.05) is 17.8 Å². The number of hydrogen-bond donors (Lipinski definition) is 0. The number of furan rings is 1. The molecule has 0 aliphatic heterocycles. The summed E-state index contributed by atoms with van der Waals surface area (Å²) >= 11 is 1.43. The molecular formula is C14H13N5O4S. The van der Waals surface area contributed by atoms with E-state index in [1.807, 2.05) is 6.07 Å². The summed E-state index contributed by atoms with van der Waals surface area (Å²) in [5, 5.41) is 22.9. The maximum Gasteiger partial charge on any atom is 0.273 e. The Morgan fingerprint density at radius 1 is 1.33 bits per heavy atom. The van der Waals surface area contributed by atoms with E-state index in [1.54, 1.807) is 29.1 Å². The number of nitro benzene ring substituents is 1. The fourth-order valence-electron chi connectivity index (χ4n) is 1.93. The molecule has 0 unspecified atom stereocenters. The average molecular weight is 347 g/mol. The summed E-state index contributed by atoms with van der Waals surface area (Å²) < 4.78 is 12.4. The molecule has 0 atom stereocenters. The quantitative estimate of drug-likeness (QED) is 0.264. The first-order valence-corrected chi connectivity index (χ1v) is 7.99. The topological polar surface area (TPSA) is 109 Å². The average Bonchev–Trinajstić information content (AvgIpc) is 3.24. The third kappa shape index (κ3) is 4.10. The first kappa shape index (κ1) is 16.0. The minimum Gasteiger partial charge on any atom is -0.492 e. The fraction of sp³-hybridized carbons (Fsp3) is 0.214. The van der Waals surface area contributed by atoms with Crippen LogP contribution in [-0.4, -0.2) is 37.5 Å². The van der Waals surface area contributed by atoms with Crippen LogP contribution in [0.15, 0.2) is 52.2 Å². The van der Waals surface area contributed by atoms with Crippen molar-refractivity contribution in [1.82, 2.24) is 20.2 Å². The van der Waals surface area contributed by atoms with E-state index >= 15 is 0 Å². The third-order valence-corrected chi connectivity index (χ3v) is 3.92. The Kier molecular flexibility index (Phi) is 5.06. The van der Waals surface area contributed by atoms with Gasteiger partial charge in [0.25, 0.3) is 5.69 Å². The summed E-state index contributed by atoms with van der Waals surface area (Å²) in [4.78, 5) is 10.3. The van der Waals surface area contributed by atoms with Gasteiger partial charge in [-0.3, -0.25) is 10.1 Å². The van der Waals surface area contributed by atoms with E-state index in [4.69, 9.17) is 9.15 Å². The molecule has 1 aromatic carbocycles. The summed E-state index contributed by atoms with van der Waals surface area (Å²) in [7, 11) is 0. The van der Waals surface area contributed by atoms with Gasteiger partial charge >= 0.3 is 0 Å². The first-order chi connectivity index (χ1) is 11.7. The largest absolute Gasteiger partial charge is 0.492 e. The molecule has 0 aliphatic carbocycles. The Morgan fingerprint density at radius 2 is 2.25 bits per heavy atom. The van der Waals surface area contributed by atoms with Crippen LogP contribution in [0.5, 0.6) is 5.75 Å². The van der Waals surface area contributed by atoms with Crippen molar-refractivity contribution in [3.05, 3.63) is 58.5 Å². The van der Waals surface area contributed by atoms with Gasteiger partial charge in [0, 0.05) is 11.8 Å². The molecule has 2 aromatic heterocycles. The Labute approximate surface area is 140 Å². The summed E-state index contributed by atoms with van der Waals surface area (Å²) in [6.45, 7) is 0.827. The lowest BCUT2D eigenvalue weighted by molar-refractivity contribution is -0.384. The van der Waals surface area contributed by atoms with Crippen LogP contribution in [0.25, 0.3) is 0 Å². The highest BCUT2D eigenvalue weighted by atomic mass is 32.2. The predicted molar refractivity (Wildman–Crippen MR) is 84.9 cm³/mol. The minimum atomic E-state index is -0.454. The molecule has 10 heteroatoms. The van der Waals surface area contributed by atoms with E-state index in [0.29, 0.717) is 29.8 Å². The number of nitro groups is 1. The summed E-state index contributed by atoms with van der Waals surface area (Å²) in [5.41, 5.74) is 0.00236. The molecule has 0 fully saturated rings. The van der Waals surface area contributed by atoms with Crippen molar-refractivity contribution < 1.29 is 14.1 Å². The molecule has 0 amide bonds. The number of benzene rings is 1. The SMILES string of the molecule is O=[N+]([O-])c1cccc(OCCSc2nnnn2Cc2ccco2)c1. The zero-order valence-electron chi connectivity index (χ0n) is 12.4. The molecule has 0 radical (unpaired) electrons. The smallest absolute Gasteiger partial charge is 0.273 e. The van der Waals surface area contributed by atoms with Gasteiger partial charge in [0.1, 0.15) is 18.1 Å². The van der Waals surface area contributed by atoms with E-state index in [2.05, 4.69) is 15.5 Å². The Morgan fingerprint density at radius 3 is 3.04 bits per heavy atom. The number of rotatable bonds is 8. The maximum absolute atomic E-state index is 10.7. The number of non-ortho nitro benzene ring substituents is 1. The van der Waals surface area contributed by atoms with Gasteiger partial charge in [-0.2, -0.15) is 0 Å². The molecule has 9 nitrogen and oxygen atoms in total. The van der Waals surface area contributed by atoms with Crippen LogP contribution >= 0.6 is 11.8 Å². The van der Waals surface area contributed by atoms with Crippen molar-refractivity contribution >= 4 is 17.4 Å². The van der Waals surface area contributed by atoms with Crippen molar-refractivity contribution in [2.45, 2.75) is 11.7 Å². The molecule has 0 bridgehead atoms. The molecule has 0 N–H and O–H groups in total. The van der Waals surface area contributed by atoms with E-state index in [-0.39, 0.29) is 5.69 Å². The lowest BCUT2D eigenvalue weighted by Gasteiger charge is -2.06. The van der Waals surface area contributed by atoms with Gasteiger partial charge in [-0.15, -0.1) is 5.10 Å². The van der Waals surface area contributed by atoms with Crippen molar-refractivity contribution in [3.63, 3.8) is 0 Å². The molecule has 24 heavy (non-hydrogen) atoms. The Balaban J connectivity index is 1.50. The van der Waals surface area contributed by atoms with Crippen LogP contribution < -0.4 is 4.74 Å². The summed E-state index contributed by atoms with van der Waals surface area (Å²) in [5.74, 6) is 1.82. The number of tetrazole rings is 1. The van der Waals surface area contributed by atoms with E-state index in [9.17, 15) is 10.1 Å². The van der Waals surface area contributed by atoms with Crippen LogP contribution in [-0.2, 0) is 6.54 Å². The van der Waals surface area contributed by atoms with Crippen molar-refractivity contribution in [2.24, 2.45) is 0 Å². The molecule has 2 heterocycles. The van der Waals surface area contributed by atoms with Crippen LogP contribution in [0.3, 0.4) is 0 Å². The number of hydrogen-bond acceptors (Lipinski definition) is 8. The van der Waals surface area contributed by atoms with Gasteiger partial charge in [0.2, 0.25) is 5.16 Å². The Hall–Kier alpha value is -2.88. The lowest BCUT2D eigenvalue weighted by atomic mass is 10.3. The molecule has 0 saturated carbocycles. The van der Waals surface area contributed by atoms with Gasteiger partial charge in [-0.05, 0) is 28.6 Å². The highest BCUT2D eigenvalue weighted by Crippen LogP contribution is 2.20. The standard InChI is InChI=1S/C14H13N5O4S/c20-19(21)11-3-1-4-12(9-11)23-7-8-24-14-15-16-17-18(14)10-13-5-2-6-22-13/h1-6,9H,7-8,10H2. The Bertz CT molecular complexity index is 805. The normalized spacial score (nSPS) is 10.7. The molecule has 3 aromatic rings. The second kappa shape index (κ2) is 7.59. The predicted octanol–water partition coefficient (Wildman–Crippen LogP) is 2.39. The molecule has 0 saturated heterocycles. The highest BCUT2D eigenvalue weighted by molar-refractivity contribution is 7.99. The van der Waals surface area contributed by atoms with Crippen LogP contribution in [0, 0.1) is 10.1 Å². The van der Waals surface area contributed by atoms with Crippen LogP contribution in [0.2, 0.25) is 0 Å². The summed E-state index contributed by atoms with van der Waals surface area (Å²) in [6.07, 6.45) is 1.60. The second-order valence-electron chi connectivity index (χ2n) is 4.65. The van der Waals surface area contributed by atoms with E-state index in [1.165, 1.54) is 23.9 Å². The minimum absolute atomic E-state index is 0.00236. The monoisotopic (exact) mass is 347 g/mol. The number of aromatic nitrogens is 4. The first-order valence-electron chi connectivity index (χ1n) is 7.01. The van der Waals surface area contributed by atoms with E-state index in [0.717, 1.165) is 5.76 Å². The molecular weight excluding hydrogens is 334 g/mol. The molecule has 0 aliphatic rings. The zero-order valence-corrected chi connectivity index (χ0v) is 13.3. The molecule has 3 rings (SSSR count). The second-order valence-corrected chi connectivity index (χ2v) is 5.71. The zero-order chi connectivity index (χ0) is 16.8. The molecule has 124 valence electrons. The highest BCUT2D eigenvalue weighted by Gasteiger charge is 2.09. The van der Waals surface area contributed by atoms with Gasteiger partial charge in [-0.25, -0.2) is 4.68 Å². The van der Waals surface area contributed by atoms with Crippen LogP contribution in [0.4, 0.5) is 5.69 Å².